The lowest BCUT2D eigenvalue weighted by molar-refractivity contribution is 0.0192. The van der Waals surface area contributed by atoms with Crippen LogP contribution in [0.5, 0.6) is 0 Å². The number of halogens is 1. The molecule has 0 aromatic heterocycles. The molecule has 1 nitrogen and oxygen atoms in total. The van der Waals surface area contributed by atoms with Gasteiger partial charge in [0.05, 0.1) is 0 Å². The fraction of sp³-hybridized carbons (Fsp3) is 1.00. The van der Waals surface area contributed by atoms with Gasteiger partial charge in [0, 0.05) is 11.5 Å². The van der Waals surface area contributed by atoms with Gasteiger partial charge in [0.25, 0.3) is 0 Å². The van der Waals surface area contributed by atoms with Crippen LogP contribution in [0, 0.1) is 5.41 Å². The Balaban J connectivity index is 2.12. The Kier molecular flexibility index (Phi) is 1.69. The molecular weight excluding hydrogens is 160 g/mol. The quantitative estimate of drug-likeness (QED) is 0.605. The van der Waals surface area contributed by atoms with Crippen molar-refractivity contribution in [3.63, 3.8) is 0 Å². The Morgan fingerprint density at radius 3 is 1.82 bits per heavy atom. The van der Waals surface area contributed by atoms with Crippen LogP contribution in [0.25, 0.3) is 0 Å². The molecule has 1 N–H and O–H groups in total. The van der Waals surface area contributed by atoms with Crippen LogP contribution in [0.4, 0.5) is 0 Å². The molecule has 0 radical (unpaired) electrons. The standard InChI is InChI=1S/C9H15ClO/c10-9-4-1-8(7-11,2-5-9)3-6-9/h11H,1-7H2. The molecule has 0 aromatic rings. The second kappa shape index (κ2) is 2.37. The second-order valence-electron chi connectivity index (χ2n) is 4.31. The molecule has 0 saturated heterocycles. The van der Waals surface area contributed by atoms with E-state index in [1.165, 1.54) is 0 Å². The molecule has 0 spiro atoms. The van der Waals surface area contributed by atoms with Gasteiger partial charge < -0.3 is 5.11 Å². The fourth-order valence-electron chi connectivity index (χ4n) is 2.45. The zero-order valence-electron chi connectivity index (χ0n) is 6.77. The summed E-state index contributed by atoms with van der Waals surface area (Å²) in [6.07, 6.45) is 6.80. The zero-order chi connectivity index (χ0) is 7.95. The lowest BCUT2D eigenvalue weighted by Gasteiger charge is -2.49. The summed E-state index contributed by atoms with van der Waals surface area (Å²) in [7, 11) is 0. The summed E-state index contributed by atoms with van der Waals surface area (Å²) in [5, 5.41) is 9.21. The Morgan fingerprint density at radius 2 is 1.45 bits per heavy atom. The first-order chi connectivity index (χ1) is 5.18. The maximum atomic E-state index is 9.21. The molecule has 0 aromatic carbocycles. The van der Waals surface area contributed by atoms with Crippen molar-refractivity contribution in [2.24, 2.45) is 5.41 Å². The second-order valence-corrected chi connectivity index (χ2v) is 5.11. The molecule has 0 amide bonds. The van der Waals surface area contributed by atoms with Crippen molar-refractivity contribution in [3.05, 3.63) is 0 Å². The van der Waals surface area contributed by atoms with Crippen molar-refractivity contribution in [2.75, 3.05) is 6.61 Å². The van der Waals surface area contributed by atoms with Gasteiger partial charge in [0.15, 0.2) is 0 Å². The molecule has 0 aliphatic heterocycles. The molecule has 2 heteroatoms. The zero-order valence-corrected chi connectivity index (χ0v) is 7.53. The largest absolute Gasteiger partial charge is 0.396 e. The SMILES string of the molecule is OCC12CCC(Cl)(CC1)CC2. The maximum Gasteiger partial charge on any atom is 0.0487 e. The molecular formula is C9H15ClO. The van der Waals surface area contributed by atoms with E-state index in [1.807, 2.05) is 0 Å². The summed E-state index contributed by atoms with van der Waals surface area (Å²) in [6, 6.07) is 0. The van der Waals surface area contributed by atoms with E-state index >= 15 is 0 Å². The van der Waals surface area contributed by atoms with Gasteiger partial charge in [-0.05, 0) is 43.9 Å². The number of alkyl halides is 1. The monoisotopic (exact) mass is 174 g/mol. The lowest BCUT2D eigenvalue weighted by Crippen LogP contribution is -2.44. The van der Waals surface area contributed by atoms with E-state index in [2.05, 4.69) is 0 Å². The summed E-state index contributed by atoms with van der Waals surface area (Å²) in [5.74, 6) is 0. The van der Waals surface area contributed by atoms with Gasteiger partial charge in [0.2, 0.25) is 0 Å². The van der Waals surface area contributed by atoms with E-state index in [-0.39, 0.29) is 10.3 Å². The summed E-state index contributed by atoms with van der Waals surface area (Å²) in [6.45, 7) is 0.375. The number of hydrogen-bond acceptors (Lipinski definition) is 1. The van der Waals surface area contributed by atoms with E-state index in [9.17, 15) is 5.11 Å². The van der Waals surface area contributed by atoms with Crippen LogP contribution in [0.3, 0.4) is 0 Å². The molecule has 3 fully saturated rings. The summed E-state index contributed by atoms with van der Waals surface area (Å²) >= 11 is 6.33. The number of hydrogen-bond donors (Lipinski definition) is 1. The van der Waals surface area contributed by atoms with Crippen molar-refractivity contribution in [1.82, 2.24) is 0 Å². The highest BCUT2D eigenvalue weighted by Crippen LogP contribution is 2.54. The van der Waals surface area contributed by atoms with E-state index in [0.717, 1.165) is 38.5 Å². The maximum absolute atomic E-state index is 9.21. The van der Waals surface area contributed by atoms with E-state index in [1.54, 1.807) is 0 Å². The third-order valence-electron chi connectivity index (χ3n) is 3.65. The van der Waals surface area contributed by atoms with Crippen molar-refractivity contribution < 1.29 is 5.11 Å². The Labute approximate surface area is 72.7 Å². The van der Waals surface area contributed by atoms with Gasteiger partial charge in [-0.15, -0.1) is 11.6 Å². The van der Waals surface area contributed by atoms with Crippen LogP contribution in [-0.2, 0) is 0 Å². The average Bonchev–Trinajstić information content (AvgIpc) is 2.07. The van der Waals surface area contributed by atoms with Crippen LogP contribution in [-0.4, -0.2) is 16.6 Å². The highest BCUT2D eigenvalue weighted by Gasteiger charge is 2.47. The minimum absolute atomic E-state index is 0.122. The van der Waals surface area contributed by atoms with Gasteiger partial charge in [-0.3, -0.25) is 0 Å². The summed E-state index contributed by atoms with van der Waals surface area (Å²) in [4.78, 5) is 0.122. The molecule has 0 heterocycles. The molecule has 64 valence electrons. The molecule has 11 heavy (non-hydrogen) atoms. The molecule has 3 aliphatic carbocycles. The predicted molar refractivity (Wildman–Crippen MR) is 45.8 cm³/mol. The van der Waals surface area contributed by atoms with Crippen molar-refractivity contribution in [1.29, 1.82) is 0 Å². The van der Waals surface area contributed by atoms with Gasteiger partial charge in [0.1, 0.15) is 0 Å². The molecule has 0 atom stereocenters. The Morgan fingerprint density at radius 1 is 1.00 bits per heavy atom. The number of aliphatic hydroxyl groups excluding tert-OH is 1. The van der Waals surface area contributed by atoms with Gasteiger partial charge >= 0.3 is 0 Å². The van der Waals surface area contributed by atoms with E-state index in [4.69, 9.17) is 11.6 Å². The van der Waals surface area contributed by atoms with Crippen molar-refractivity contribution in [2.45, 2.75) is 43.4 Å². The highest BCUT2D eigenvalue weighted by molar-refractivity contribution is 6.24. The normalized spacial score (nSPS) is 49.6. The number of rotatable bonds is 1. The molecule has 0 unspecified atom stereocenters. The van der Waals surface area contributed by atoms with Gasteiger partial charge in [-0.1, -0.05) is 0 Å². The topological polar surface area (TPSA) is 20.2 Å². The summed E-state index contributed by atoms with van der Waals surface area (Å²) in [5.41, 5.74) is 0.274. The molecule has 3 aliphatic rings. The lowest BCUT2D eigenvalue weighted by atomic mass is 9.61. The fourth-order valence-corrected chi connectivity index (χ4v) is 2.74. The minimum Gasteiger partial charge on any atom is -0.396 e. The highest BCUT2D eigenvalue weighted by atomic mass is 35.5. The first-order valence-electron chi connectivity index (χ1n) is 4.48. The van der Waals surface area contributed by atoms with Crippen LogP contribution < -0.4 is 0 Å². The van der Waals surface area contributed by atoms with Crippen LogP contribution in [0.1, 0.15) is 38.5 Å². The van der Waals surface area contributed by atoms with E-state index in [0.29, 0.717) is 6.61 Å². The van der Waals surface area contributed by atoms with Crippen molar-refractivity contribution in [3.8, 4) is 0 Å². The third-order valence-corrected chi connectivity index (χ3v) is 4.21. The first-order valence-corrected chi connectivity index (χ1v) is 4.86. The van der Waals surface area contributed by atoms with Gasteiger partial charge in [-0.2, -0.15) is 0 Å². The first kappa shape index (κ1) is 7.88. The van der Waals surface area contributed by atoms with Crippen LogP contribution >= 0.6 is 11.6 Å². The van der Waals surface area contributed by atoms with Crippen LogP contribution in [0.2, 0.25) is 0 Å². The Hall–Kier alpha value is 0.250. The smallest absolute Gasteiger partial charge is 0.0487 e. The summed E-state index contributed by atoms with van der Waals surface area (Å²) < 4.78 is 0. The predicted octanol–water partition coefficient (Wildman–Crippen LogP) is 2.31. The van der Waals surface area contributed by atoms with Crippen LogP contribution in [0.15, 0.2) is 0 Å². The van der Waals surface area contributed by atoms with E-state index < -0.39 is 0 Å². The molecule has 2 bridgehead atoms. The number of aliphatic hydroxyl groups is 1. The molecule has 3 saturated carbocycles. The van der Waals surface area contributed by atoms with Gasteiger partial charge in [-0.25, -0.2) is 0 Å². The average molecular weight is 175 g/mol. The minimum atomic E-state index is 0.122. The number of fused-ring (bicyclic) bond motifs is 3. The van der Waals surface area contributed by atoms with Crippen molar-refractivity contribution >= 4 is 11.6 Å². The molecule has 3 rings (SSSR count). The third kappa shape index (κ3) is 1.19. The Bertz CT molecular complexity index is 142.